The van der Waals surface area contributed by atoms with E-state index < -0.39 is 19.0 Å². The van der Waals surface area contributed by atoms with Crippen LogP contribution in [-0.2, 0) is 15.5 Å². The number of aryl methyl sites for hydroxylation is 1. The second kappa shape index (κ2) is 12.6. The molecule has 0 bridgehead atoms. The number of carbonyl (C=O) groups is 1. The standard InChI is InChI=1S/C25H42NO4P/c1-4-6-7-8-9-10-11-21-12-14-22(15-13-21)23-16-17-25(20-23,26-24(27)28)18-19-31(3,29)30-5-2/h12-15,23,26H,4-11,16-20H2,1-3H3,(H,27,28)/t23-,25-,31?/m0/s1. The third-order valence-electron chi connectivity index (χ3n) is 6.65. The zero-order chi connectivity index (χ0) is 22.7. The van der Waals surface area contributed by atoms with Crippen LogP contribution in [0.2, 0.25) is 0 Å². The molecule has 3 atom stereocenters. The Balaban J connectivity index is 1.91. The Labute approximate surface area is 188 Å². The zero-order valence-corrected chi connectivity index (χ0v) is 20.6. The lowest BCUT2D eigenvalue weighted by Crippen LogP contribution is -2.46. The van der Waals surface area contributed by atoms with E-state index >= 15 is 0 Å². The van der Waals surface area contributed by atoms with Crippen molar-refractivity contribution in [3.63, 3.8) is 0 Å². The van der Waals surface area contributed by atoms with Crippen LogP contribution in [-0.4, -0.2) is 36.2 Å². The van der Waals surface area contributed by atoms with E-state index in [0.29, 0.717) is 25.1 Å². The van der Waals surface area contributed by atoms with Crippen LogP contribution in [0.5, 0.6) is 0 Å². The summed E-state index contributed by atoms with van der Waals surface area (Å²) in [6.45, 7) is 6.15. The Kier molecular flexibility index (Phi) is 10.6. The van der Waals surface area contributed by atoms with Gasteiger partial charge in [-0.15, -0.1) is 0 Å². The van der Waals surface area contributed by atoms with Crippen molar-refractivity contribution in [1.82, 2.24) is 5.32 Å². The molecule has 1 aliphatic carbocycles. The van der Waals surface area contributed by atoms with Crippen LogP contribution < -0.4 is 5.32 Å². The van der Waals surface area contributed by atoms with E-state index in [1.807, 2.05) is 6.92 Å². The third-order valence-corrected chi connectivity index (χ3v) is 8.49. The highest BCUT2D eigenvalue weighted by atomic mass is 31.2. The predicted octanol–water partition coefficient (Wildman–Crippen LogP) is 7.20. The smallest absolute Gasteiger partial charge is 0.405 e. The maximum atomic E-state index is 12.6. The van der Waals surface area contributed by atoms with Gasteiger partial charge in [-0.05, 0) is 62.5 Å². The Morgan fingerprint density at radius 2 is 1.84 bits per heavy atom. The summed E-state index contributed by atoms with van der Waals surface area (Å²) < 4.78 is 18.0. The Morgan fingerprint density at radius 3 is 2.48 bits per heavy atom. The van der Waals surface area contributed by atoms with Crippen molar-refractivity contribution < 1.29 is 19.0 Å². The van der Waals surface area contributed by atoms with Crippen molar-refractivity contribution in [2.24, 2.45) is 0 Å². The molecule has 1 aromatic rings. The molecule has 0 spiro atoms. The van der Waals surface area contributed by atoms with Crippen molar-refractivity contribution in [2.45, 2.75) is 95.9 Å². The minimum Gasteiger partial charge on any atom is -0.465 e. The van der Waals surface area contributed by atoms with E-state index in [0.717, 1.165) is 25.7 Å². The van der Waals surface area contributed by atoms with E-state index in [9.17, 15) is 14.5 Å². The summed E-state index contributed by atoms with van der Waals surface area (Å²) >= 11 is 0. The van der Waals surface area contributed by atoms with Crippen LogP contribution in [0.4, 0.5) is 4.79 Å². The molecule has 2 rings (SSSR count). The van der Waals surface area contributed by atoms with Gasteiger partial charge in [-0.2, -0.15) is 0 Å². The molecular formula is C25H42NO4P. The Morgan fingerprint density at radius 1 is 1.16 bits per heavy atom. The molecular weight excluding hydrogens is 409 g/mol. The zero-order valence-electron chi connectivity index (χ0n) is 19.7. The average molecular weight is 452 g/mol. The number of benzene rings is 1. The van der Waals surface area contributed by atoms with Crippen LogP contribution in [0.3, 0.4) is 0 Å². The molecule has 1 fully saturated rings. The lowest BCUT2D eigenvalue weighted by Gasteiger charge is -2.30. The molecule has 0 heterocycles. The molecule has 1 amide bonds. The second-order valence-corrected chi connectivity index (χ2v) is 12.0. The van der Waals surface area contributed by atoms with Crippen LogP contribution in [0.15, 0.2) is 24.3 Å². The molecule has 176 valence electrons. The van der Waals surface area contributed by atoms with E-state index in [1.54, 1.807) is 6.66 Å². The van der Waals surface area contributed by atoms with Crippen molar-refractivity contribution in [1.29, 1.82) is 0 Å². The van der Waals surface area contributed by atoms with Gasteiger partial charge in [0.15, 0.2) is 7.37 Å². The van der Waals surface area contributed by atoms with Crippen molar-refractivity contribution >= 4 is 13.5 Å². The molecule has 6 heteroatoms. The summed E-state index contributed by atoms with van der Waals surface area (Å²) in [7, 11) is -2.68. The van der Waals surface area contributed by atoms with Gasteiger partial charge in [0.2, 0.25) is 0 Å². The molecule has 5 nitrogen and oxygen atoms in total. The molecule has 1 unspecified atom stereocenters. The summed E-state index contributed by atoms with van der Waals surface area (Å²) in [5.41, 5.74) is 2.15. The molecule has 1 aromatic carbocycles. The lowest BCUT2D eigenvalue weighted by atomic mass is 9.90. The van der Waals surface area contributed by atoms with Gasteiger partial charge in [0, 0.05) is 18.4 Å². The number of hydrogen-bond acceptors (Lipinski definition) is 3. The molecule has 1 saturated carbocycles. The number of hydrogen-bond donors (Lipinski definition) is 2. The van der Waals surface area contributed by atoms with Gasteiger partial charge < -0.3 is 14.9 Å². The van der Waals surface area contributed by atoms with Crippen LogP contribution >= 0.6 is 7.37 Å². The van der Waals surface area contributed by atoms with Crippen LogP contribution in [0.25, 0.3) is 0 Å². The summed E-state index contributed by atoms with van der Waals surface area (Å²) in [5, 5.41) is 12.2. The first-order valence-electron chi connectivity index (χ1n) is 12.1. The monoisotopic (exact) mass is 451 g/mol. The fraction of sp³-hybridized carbons (Fsp3) is 0.720. The highest BCUT2D eigenvalue weighted by Crippen LogP contribution is 2.49. The molecule has 0 aromatic heterocycles. The van der Waals surface area contributed by atoms with Gasteiger partial charge in [-0.3, -0.25) is 4.57 Å². The first-order chi connectivity index (χ1) is 14.8. The fourth-order valence-corrected chi connectivity index (χ4v) is 6.37. The van der Waals surface area contributed by atoms with Crippen molar-refractivity contribution in [2.75, 3.05) is 19.4 Å². The molecule has 0 aliphatic heterocycles. The molecule has 0 radical (unpaired) electrons. The first-order valence-corrected chi connectivity index (χ1v) is 14.4. The highest BCUT2D eigenvalue weighted by molar-refractivity contribution is 7.58. The van der Waals surface area contributed by atoms with E-state index in [-0.39, 0.29) is 0 Å². The van der Waals surface area contributed by atoms with Gasteiger partial charge in [0.05, 0.1) is 6.61 Å². The molecule has 0 saturated heterocycles. The first kappa shape index (κ1) is 25.9. The summed E-state index contributed by atoms with van der Waals surface area (Å²) in [6.07, 6.45) is 11.4. The topological polar surface area (TPSA) is 75.6 Å². The summed E-state index contributed by atoms with van der Waals surface area (Å²) in [5.74, 6) is 0.332. The van der Waals surface area contributed by atoms with Gasteiger partial charge in [-0.1, -0.05) is 63.3 Å². The van der Waals surface area contributed by atoms with E-state index in [4.69, 9.17) is 4.52 Å². The lowest BCUT2D eigenvalue weighted by molar-refractivity contribution is 0.175. The van der Waals surface area contributed by atoms with E-state index in [2.05, 4.69) is 36.5 Å². The maximum absolute atomic E-state index is 12.6. The maximum Gasteiger partial charge on any atom is 0.405 e. The third kappa shape index (κ3) is 8.98. The van der Waals surface area contributed by atoms with Crippen LogP contribution in [0, 0.1) is 0 Å². The average Bonchev–Trinajstić information content (AvgIpc) is 3.13. The van der Waals surface area contributed by atoms with Gasteiger partial charge in [0.1, 0.15) is 0 Å². The summed E-state index contributed by atoms with van der Waals surface area (Å²) in [4.78, 5) is 11.5. The van der Waals surface area contributed by atoms with Crippen molar-refractivity contribution in [3.8, 4) is 0 Å². The number of carboxylic acid groups (broad SMARTS) is 1. The van der Waals surface area contributed by atoms with E-state index in [1.165, 1.54) is 49.7 Å². The SMILES string of the molecule is CCCCCCCCc1ccc([C@H]2CC[C@@](CCP(C)(=O)OCC)(NC(=O)O)C2)cc1. The van der Waals surface area contributed by atoms with Gasteiger partial charge in [0.25, 0.3) is 0 Å². The Hall–Kier alpha value is -1.32. The van der Waals surface area contributed by atoms with Crippen LogP contribution in [0.1, 0.15) is 95.1 Å². The Bertz CT molecular complexity index is 721. The van der Waals surface area contributed by atoms with Gasteiger partial charge in [-0.25, -0.2) is 4.79 Å². The molecule has 1 aliphatic rings. The summed E-state index contributed by atoms with van der Waals surface area (Å²) in [6, 6.07) is 8.92. The minimum atomic E-state index is -2.68. The minimum absolute atomic E-state index is 0.332. The number of unbranched alkanes of at least 4 members (excludes halogenated alkanes) is 5. The number of nitrogens with one attached hydrogen (secondary N) is 1. The quantitative estimate of drug-likeness (QED) is 0.232. The fourth-order valence-electron chi connectivity index (χ4n) is 4.86. The van der Waals surface area contributed by atoms with Gasteiger partial charge >= 0.3 is 6.09 Å². The number of amides is 1. The molecule has 31 heavy (non-hydrogen) atoms. The normalized spacial score (nSPS) is 22.9. The largest absolute Gasteiger partial charge is 0.465 e. The molecule has 2 N–H and O–H groups in total. The highest BCUT2D eigenvalue weighted by Gasteiger charge is 2.41. The number of rotatable bonds is 14. The second-order valence-electron chi connectivity index (χ2n) is 9.32. The predicted molar refractivity (Wildman–Crippen MR) is 129 cm³/mol. The van der Waals surface area contributed by atoms with Crippen molar-refractivity contribution in [3.05, 3.63) is 35.4 Å².